The number of amides is 1. The van der Waals surface area contributed by atoms with E-state index in [1.54, 1.807) is 19.1 Å². The lowest BCUT2D eigenvalue weighted by Crippen LogP contribution is -2.37. The molecule has 1 aliphatic carbocycles. The van der Waals surface area contributed by atoms with Gasteiger partial charge in [-0.3, -0.25) is 4.79 Å². The second kappa shape index (κ2) is 8.86. The van der Waals surface area contributed by atoms with E-state index in [4.69, 9.17) is 20.8 Å². The summed E-state index contributed by atoms with van der Waals surface area (Å²) in [5.41, 5.74) is 0.717. The van der Waals surface area contributed by atoms with Crippen molar-refractivity contribution in [3.8, 4) is 5.75 Å². The molecule has 7 nitrogen and oxygen atoms in total. The van der Waals surface area contributed by atoms with Crippen molar-refractivity contribution in [3.63, 3.8) is 0 Å². The molecule has 0 unspecified atom stereocenters. The van der Waals surface area contributed by atoms with E-state index in [-0.39, 0.29) is 23.8 Å². The van der Waals surface area contributed by atoms with Crippen molar-refractivity contribution in [2.75, 3.05) is 13.7 Å². The lowest BCUT2D eigenvalue weighted by molar-refractivity contribution is -0.312. The molecule has 0 radical (unpaired) electrons. The van der Waals surface area contributed by atoms with Crippen LogP contribution < -0.4 is 20.8 Å². The molecule has 0 aliphatic heterocycles. The monoisotopic (exact) mass is 420 g/mol. The Bertz CT molecular complexity index is 991. The molecule has 3 rings (SSSR count). The predicted octanol–water partition coefficient (Wildman–Crippen LogP) is 1.98. The Morgan fingerprint density at radius 3 is 2.59 bits per heavy atom. The second-order valence-corrected chi connectivity index (χ2v) is 7.90. The summed E-state index contributed by atoms with van der Waals surface area (Å²) in [6, 6.07) is 3.21. The van der Waals surface area contributed by atoms with Crippen LogP contribution in [0.25, 0.3) is 11.0 Å². The fourth-order valence-corrected chi connectivity index (χ4v) is 4.07. The Labute approximate surface area is 173 Å². The predicted molar refractivity (Wildman–Crippen MR) is 106 cm³/mol. The molecule has 0 saturated heterocycles. The number of ether oxygens (including phenoxy) is 1. The van der Waals surface area contributed by atoms with Crippen molar-refractivity contribution >= 4 is 34.4 Å². The first kappa shape index (κ1) is 21.2. The Morgan fingerprint density at radius 2 is 1.97 bits per heavy atom. The van der Waals surface area contributed by atoms with Crippen LogP contribution >= 0.6 is 11.6 Å². The SMILES string of the molecule is COc1cc2oc(=O)c(CC(=O)NCC3CCC(C(=O)[O-])CC3)c(C)c2cc1Cl. The molecule has 1 aromatic heterocycles. The quantitative estimate of drug-likeness (QED) is 0.716. The molecule has 0 atom stereocenters. The van der Waals surface area contributed by atoms with Gasteiger partial charge in [0.2, 0.25) is 5.91 Å². The van der Waals surface area contributed by atoms with Gasteiger partial charge in [-0.15, -0.1) is 0 Å². The Balaban J connectivity index is 1.67. The van der Waals surface area contributed by atoms with Crippen molar-refractivity contribution in [1.29, 1.82) is 0 Å². The summed E-state index contributed by atoms with van der Waals surface area (Å²) in [4.78, 5) is 35.7. The summed E-state index contributed by atoms with van der Waals surface area (Å²) >= 11 is 6.17. The van der Waals surface area contributed by atoms with Crippen molar-refractivity contribution in [2.24, 2.45) is 11.8 Å². The fourth-order valence-electron chi connectivity index (χ4n) is 3.83. The van der Waals surface area contributed by atoms with Gasteiger partial charge in [0.15, 0.2) is 0 Å². The maximum atomic E-state index is 12.4. The average molecular weight is 421 g/mol. The van der Waals surface area contributed by atoms with Crippen LogP contribution in [0.4, 0.5) is 0 Å². The zero-order valence-corrected chi connectivity index (χ0v) is 17.1. The summed E-state index contributed by atoms with van der Waals surface area (Å²) in [6.45, 7) is 2.21. The molecule has 156 valence electrons. The molecule has 2 aromatic rings. The summed E-state index contributed by atoms with van der Waals surface area (Å²) in [5.74, 6) is -1.03. The third kappa shape index (κ3) is 4.72. The maximum absolute atomic E-state index is 12.4. The molecular formula is C21H23ClNO6-. The number of rotatable bonds is 6. The Hall–Kier alpha value is -2.54. The highest BCUT2D eigenvalue weighted by atomic mass is 35.5. The molecule has 1 saturated carbocycles. The molecule has 29 heavy (non-hydrogen) atoms. The minimum absolute atomic E-state index is 0.0951. The average Bonchev–Trinajstić information content (AvgIpc) is 2.70. The van der Waals surface area contributed by atoms with Gasteiger partial charge < -0.3 is 24.4 Å². The van der Waals surface area contributed by atoms with Crippen LogP contribution in [0, 0.1) is 18.8 Å². The van der Waals surface area contributed by atoms with E-state index in [0.29, 0.717) is 46.7 Å². The smallest absolute Gasteiger partial charge is 0.340 e. The van der Waals surface area contributed by atoms with Crippen LogP contribution in [-0.4, -0.2) is 25.5 Å². The summed E-state index contributed by atoms with van der Waals surface area (Å²) in [7, 11) is 1.47. The standard InChI is InChI=1S/C21H24ClNO6/c1-11-14-7-16(22)18(28-2)9-17(14)29-21(27)15(11)8-19(24)23-10-12-3-5-13(6-4-12)20(25)26/h7,9,12-13H,3-6,8,10H2,1-2H3,(H,23,24)(H,25,26)/p-1. The topological polar surface area (TPSA) is 109 Å². The normalized spacial score (nSPS) is 19.1. The van der Waals surface area contributed by atoms with Gasteiger partial charge in [-0.05, 0) is 56.1 Å². The summed E-state index contributed by atoms with van der Waals surface area (Å²) in [6.07, 6.45) is 2.51. The molecule has 1 heterocycles. The van der Waals surface area contributed by atoms with E-state index in [1.165, 1.54) is 7.11 Å². The third-order valence-corrected chi connectivity index (χ3v) is 5.96. The molecule has 1 aromatic carbocycles. The highest BCUT2D eigenvalue weighted by Crippen LogP contribution is 2.32. The highest BCUT2D eigenvalue weighted by molar-refractivity contribution is 6.32. The van der Waals surface area contributed by atoms with E-state index in [9.17, 15) is 19.5 Å². The van der Waals surface area contributed by atoms with Crippen LogP contribution in [0.1, 0.15) is 36.8 Å². The minimum Gasteiger partial charge on any atom is -0.550 e. The Morgan fingerprint density at radius 1 is 1.28 bits per heavy atom. The van der Waals surface area contributed by atoms with E-state index < -0.39 is 17.5 Å². The number of carboxylic acid groups (broad SMARTS) is 1. The van der Waals surface area contributed by atoms with Gasteiger partial charge >= 0.3 is 5.63 Å². The number of halogens is 1. The molecular weight excluding hydrogens is 398 g/mol. The van der Waals surface area contributed by atoms with Gasteiger partial charge in [0, 0.05) is 24.0 Å². The number of carbonyl (C=O) groups excluding carboxylic acids is 2. The highest BCUT2D eigenvalue weighted by Gasteiger charge is 2.23. The van der Waals surface area contributed by atoms with Gasteiger partial charge in [0.05, 0.1) is 24.1 Å². The minimum atomic E-state index is -0.997. The largest absolute Gasteiger partial charge is 0.550 e. The van der Waals surface area contributed by atoms with Crippen molar-refractivity contribution in [3.05, 3.63) is 38.7 Å². The third-order valence-electron chi connectivity index (χ3n) is 5.67. The van der Waals surface area contributed by atoms with Crippen molar-refractivity contribution < 1.29 is 23.8 Å². The van der Waals surface area contributed by atoms with Crippen molar-refractivity contribution in [2.45, 2.75) is 39.0 Å². The summed E-state index contributed by atoms with van der Waals surface area (Å²) < 4.78 is 10.5. The van der Waals surface area contributed by atoms with Crippen LogP contribution in [0.15, 0.2) is 21.3 Å². The summed E-state index contributed by atoms with van der Waals surface area (Å²) in [5, 5.41) is 14.8. The van der Waals surface area contributed by atoms with Gasteiger partial charge in [0.25, 0.3) is 0 Å². The van der Waals surface area contributed by atoms with E-state index in [0.717, 1.165) is 12.8 Å². The van der Waals surface area contributed by atoms with Gasteiger partial charge in [-0.25, -0.2) is 4.79 Å². The molecule has 1 amide bonds. The number of aliphatic carboxylic acids is 1. The van der Waals surface area contributed by atoms with Crippen LogP contribution in [0.5, 0.6) is 5.75 Å². The lowest BCUT2D eigenvalue weighted by atomic mass is 9.82. The van der Waals surface area contributed by atoms with Crippen LogP contribution in [-0.2, 0) is 16.0 Å². The number of carbonyl (C=O) groups is 2. The number of aryl methyl sites for hydroxylation is 1. The first-order chi connectivity index (χ1) is 13.8. The number of hydrogen-bond donors (Lipinski definition) is 1. The molecule has 1 N–H and O–H groups in total. The first-order valence-electron chi connectivity index (χ1n) is 9.57. The van der Waals surface area contributed by atoms with Gasteiger partial charge in [-0.2, -0.15) is 0 Å². The van der Waals surface area contributed by atoms with E-state index in [2.05, 4.69) is 5.32 Å². The van der Waals surface area contributed by atoms with E-state index >= 15 is 0 Å². The lowest BCUT2D eigenvalue weighted by Gasteiger charge is -2.29. The molecule has 8 heteroatoms. The number of nitrogens with one attached hydrogen (secondary N) is 1. The maximum Gasteiger partial charge on any atom is 0.340 e. The molecule has 1 fully saturated rings. The number of carboxylic acids is 1. The van der Waals surface area contributed by atoms with Crippen molar-refractivity contribution in [1.82, 2.24) is 5.32 Å². The van der Waals surface area contributed by atoms with Gasteiger partial charge in [-0.1, -0.05) is 11.6 Å². The Kier molecular flexibility index (Phi) is 6.47. The van der Waals surface area contributed by atoms with Crippen LogP contribution in [0.2, 0.25) is 5.02 Å². The number of hydrogen-bond acceptors (Lipinski definition) is 6. The molecule has 1 aliphatic rings. The fraction of sp³-hybridized carbons (Fsp3) is 0.476. The number of benzene rings is 1. The zero-order chi connectivity index (χ0) is 21.1. The number of methoxy groups -OCH3 is 1. The number of fused-ring (bicyclic) bond motifs is 1. The van der Waals surface area contributed by atoms with Gasteiger partial charge in [0.1, 0.15) is 11.3 Å². The van der Waals surface area contributed by atoms with Crippen LogP contribution in [0.3, 0.4) is 0 Å². The first-order valence-corrected chi connectivity index (χ1v) is 9.95. The molecule has 0 bridgehead atoms. The zero-order valence-electron chi connectivity index (χ0n) is 16.4. The second-order valence-electron chi connectivity index (χ2n) is 7.49. The molecule has 0 spiro atoms. The van der Waals surface area contributed by atoms with E-state index in [1.807, 2.05) is 0 Å².